The maximum Gasteiger partial charge on any atom is 0.420 e. The first-order chi connectivity index (χ1) is 27.5. The molecule has 0 aromatic carbocycles. The zero-order valence-electron chi connectivity index (χ0n) is 28.7. The highest BCUT2D eigenvalue weighted by molar-refractivity contribution is 6.28. The number of hydrogen-bond donors (Lipinski definition) is 3. The lowest BCUT2D eigenvalue weighted by Gasteiger charge is -2.17. The normalized spacial score (nSPS) is 25.5. The van der Waals surface area contributed by atoms with E-state index in [1.165, 1.54) is 0 Å². The number of H-pyrrole nitrogens is 3. The molecule has 0 spiro atoms. The van der Waals surface area contributed by atoms with E-state index in [2.05, 4.69) is 15.0 Å². The van der Waals surface area contributed by atoms with Crippen LogP contribution in [0, 0.1) is 0 Å². The molecule has 0 fully saturated rings. The summed E-state index contributed by atoms with van der Waals surface area (Å²) in [5.41, 5.74) is -20.5. The molecule has 7 rings (SSSR count). The Balaban J connectivity index is 1.63. The van der Waals surface area contributed by atoms with Crippen molar-refractivity contribution in [3.05, 3.63) is 128 Å². The Labute approximate surface area is 319 Å². The molecule has 316 valence electrons. The Morgan fingerprint density at radius 1 is 0.367 bits per heavy atom. The lowest BCUT2D eigenvalue weighted by atomic mass is 10.1. The summed E-state index contributed by atoms with van der Waals surface area (Å²) >= 11 is 0. The molecule has 0 saturated carbocycles. The first-order valence-corrected chi connectivity index (χ1v) is 16.3. The van der Waals surface area contributed by atoms with E-state index in [9.17, 15) is 79.0 Å². The quantitative estimate of drug-likeness (QED) is 0.194. The largest absolute Gasteiger partial charge is 0.420 e. The monoisotopic (exact) mass is 874 g/mol. The highest BCUT2D eigenvalue weighted by Crippen LogP contribution is 2.42. The molecule has 6 nitrogen and oxygen atoms in total. The molecule has 3 N–H and O–H groups in total. The van der Waals surface area contributed by atoms with Crippen molar-refractivity contribution in [2.45, 2.75) is 43.1 Å². The molecule has 0 aliphatic carbocycles. The van der Waals surface area contributed by atoms with E-state index in [1.807, 2.05) is 15.0 Å². The number of halogens is 18. The van der Waals surface area contributed by atoms with Gasteiger partial charge in [0.2, 0.25) is 0 Å². The van der Waals surface area contributed by atoms with Crippen LogP contribution >= 0.6 is 0 Å². The topological polar surface area (TPSA) is 84.5 Å². The fourth-order valence-electron chi connectivity index (χ4n) is 6.74. The molecule has 24 heteroatoms. The molecular weight excluding hydrogens is 858 g/mol. The maximum atomic E-state index is 14.6. The lowest BCUT2D eigenvalue weighted by Crippen LogP contribution is -2.29. The Morgan fingerprint density at radius 3 is 1.15 bits per heavy atom. The van der Waals surface area contributed by atoms with Gasteiger partial charge in [-0.15, -0.1) is 0 Å². The van der Waals surface area contributed by atoms with E-state index in [0.29, 0.717) is 72.9 Å². The van der Waals surface area contributed by atoms with Gasteiger partial charge in [0.05, 0.1) is 66.9 Å². The molecule has 0 radical (unpaired) electrons. The van der Waals surface area contributed by atoms with Crippen LogP contribution in [0.2, 0.25) is 0 Å². The van der Waals surface area contributed by atoms with Crippen molar-refractivity contribution in [1.82, 2.24) is 15.0 Å². The minimum absolute atomic E-state index is 0.376. The second-order valence-electron chi connectivity index (χ2n) is 12.9. The molecule has 0 amide bonds. The van der Waals surface area contributed by atoms with Gasteiger partial charge in [0.15, 0.2) is 0 Å². The van der Waals surface area contributed by atoms with Gasteiger partial charge in [-0.2, -0.15) is 79.0 Å². The summed E-state index contributed by atoms with van der Waals surface area (Å²) in [7, 11) is 0. The van der Waals surface area contributed by atoms with Crippen LogP contribution in [0.5, 0.6) is 0 Å². The highest BCUT2D eigenvalue weighted by Gasteiger charge is 2.47. The Bertz CT molecular complexity index is 2820. The number of nitrogens with one attached hydrogen (secondary N) is 3. The Kier molecular flexibility index (Phi) is 9.54. The second-order valence-corrected chi connectivity index (χ2v) is 12.9. The van der Waals surface area contributed by atoms with Gasteiger partial charge in [-0.25, -0.2) is 9.98 Å². The Morgan fingerprint density at radius 2 is 0.750 bits per heavy atom. The molecule has 1 atom stereocenters. The van der Waals surface area contributed by atoms with E-state index in [4.69, 9.17) is 0 Å². The maximum absolute atomic E-state index is 14.6. The molecule has 60 heavy (non-hydrogen) atoms. The van der Waals surface area contributed by atoms with Crippen LogP contribution in [0.15, 0.2) is 110 Å². The fraction of sp³-hybridized carbons (Fsp3) is 0.194. The Hall–Kier alpha value is -6.23. The van der Waals surface area contributed by atoms with Crippen molar-refractivity contribution in [3.8, 4) is 0 Å². The van der Waals surface area contributed by atoms with Gasteiger partial charge < -0.3 is 15.0 Å². The molecule has 3 aromatic rings. The van der Waals surface area contributed by atoms with Gasteiger partial charge in [0.1, 0.15) is 33.9 Å². The number of fused-ring (bicyclic) bond motifs is 9. The van der Waals surface area contributed by atoms with Gasteiger partial charge in [0, 0.05) is 0 Å². The average molecular weight is 875 g/mol. The van der Waals surface area contributed by atoms with Crippen LogP contribution < -0.4 is 21.4 Å². The third kappa shape index (κ3) is 7.69. The van der Waals surface area contributed by atoms with Crippen molar-refractivity contribution < 1.29 is 79.0 Å². The number of nitrogens with zero attached hydrogens (tertiary/aromatic N) is 3. The van der Waals surface area contributed by atoms with Crippen LogP contribution in [-0.4, -0.2) is 75.2 Å². The molecule has 7 heterocycles. The predicted molar refractivity (Wildman–Crippen MR) is 177 cm³/mol. The number of allylic oxidation sites excluding steroid dienone is 6. The zero-order valence-corrected chi connectivity index (χ0v) is 28.7. The van der Waals surface area contributed by atoms with Crippen LogP contribution in [0.4, 0.5) is 79.0 Å². The van der Waals surface area contributed by atoms with E-state index >= 15 is 0 Å². The summed E-state index contributed by atoms with van der Waals surface area (Å²) in [6.07, 6.45) is -31.0. The second kappa shape index (κ2) is 13.7. The van der Waals surface area contributed by atoms with Gasteiger partial charge in [-0.3, -0.25) is 4.99 Å². The fourth-order valence-corrected chi connectivity index (χ4v) is 6.74. The SMILES string of the molecule is FC(F)(F)/C1=c2/cc/c([nH]2)=C(/C(F)(F)F)c2ccc([nH]2)/C(C(F)(F)F)=c2/cc/c([nH]2)=C(\C(F)(F)F)C2=N/C(=C(/C(F)(F)F)C3=NC(C=C3)/C(C(F)(F)F)=C3/C=CC1=N3)C=C2. The standard InChI is InChI=1S/C36H16F18N6/c37-31(38,39)25-13-1-2-14(55-13)26(32(40,41)42)16-5-6-18(57-16)28(34(46,47)48)20-9-10-22(59-20)30(36(52,53)54)24-12-11-23(60-24)29(35(49,50)51)21-8-7-19(58-21)27(33(43,44)45)17-4-3-15(25)56-17/h1-13,58-60H/b25-15+,26-16+,27-19-,28-20+,29-21-,30-22+. The number of aliphatic imine (C=N–C) groups is 3. The van der Waals surface area contributed by atoms with Crippen molar-refractivity contribution in [2.24, 2.45) is 15.0 Å². The molecule has 4 aliphatic heterocycles. The number of alkyl halides is 18. The number of aromatic nitrogens is 3. The highest BCUT2D eigenvalue weighted by atomic mass is 19.4. The van der Waals surface area contributed by atoms with Gasteiger partial charge >= 0.3 is 37.1 Å². The predicted octanol–water partition coefficient (Wildman–Crippen LogP) is 7.67. The number of aromatic amines is 3. The molecule has 3 aromatic heterocycles. The number of hydrogen-bond acceptors (Lipinski definition) is 3. The summed E-state index contributed by atoms with van der Waals surface area (Å²) in [5, 5.41) is -4.84. The van der Waals surface area contributed by atoms with E-state index in [1.54, 1.807) is 0 Å². The minimum atomic E-state index is -5.59. The first kappa shape index (κ1) is 41.9. The smallest absolute Gasteiger partial charge is 0.354 e. The van der Waals surface area contributed by atoms with E-state index in [-0.39, 0.29) is 0 Å². The molecule has 1 unspecified atom stereocenters. The average Bonchev–Trinajstić information content (AvgIpc) is 3.90. The summed E-state index contributed by atoms with van der Waals surface area (Å²) in [6.45, 7) is 0. The summed E-state index contributed by atoms with van der Waals surface area (Å²) < 4.78 is 262. The van der Waals surface area contributed by atoms with E-state index < -0.39 is 138 Å². The van der Waals surface area contributed by atoms with Crippen LogP contribution in [0.25, 0.3) is 22.3 Å². The summed E-state index contributed by atoms with van der Waals surface area (Å²) in [5.74, 6) is 0. The zero-order chi connectivity index (χ0) is 44.1. The van der Waals surface area contributed by atoms with Crippen LogP contribution in [0.1, 0.15) is 11.4 Å². The van der Waals surface area contributed by atoms with Crippen molar-refractivity contribution in [1.29, 1.82) is 0 Å². The third-order valence-corrected chi connectivity index (χ3v) is 8.99. The lowest BCUT2D eigenvalue weighted by molar-refractivity contribution is -0.0949. The van der Waals surface area contributed by atoms with Crippen molar-refractivity contribution in [3.63, 3.8) is 0 Å². The first-order valence-electron chi connectivity index (χ1n) is 16.3. The van der Waals surface area contributed by atoms with Gasteiger partial charge in [-0.05, 0) is 66.8 Å². The van der Waals surface area contributed by atoms with Crippen molar-refractivity contribution >= 4 is 39.4 Å². The molecule has 0 saturated heterocycles. The third-order valence-electron chi connectivity index (χ3n) is 8.99. The minimum Gasteiger partial charge on any atom is -0.354 e. The van der Waals surface area contributed by atoms with Crippen molar-refractivity contribution in [2.75, 3.05) is 0 Å². The molecular formula is C36H16F18N6. The molecule has 12 bridgehead atoms. The number of rotatable bonds is 0. The van der Waals surface area contributed by atoms with Crippen LogP contribution in [0.3, 0.4) is 0 Å². The van der Waals surface area contributed by atoms with Gasteiger partial charge in [0.25, 0.3) is 0 Å². The van der Waals surface area contributed by atoms with Crippen LogP contribution in [-0.2, 0) is 0 Å². The van der Waals surface area contributed by atoms with Gasteiger partial charge in [-0.1, -0.05) is 6.08 Å². The summed E-state index contributed by atoms with van der Waals surface area (Å²) in [4.78, 5) is 15.7. The van der Waals surface area contributed by atoms with E-state index in [0.717, 1.165) is 0 Å². The summed E-state index contributed by atoms with van der Waals surface area (Å²) in [6, 6.07) is 0.132. The molecule has 4 aliphatic rings.